The Morgan fingerprint density at radius 3 is 1.60 bits per heavy atom. The van der Waals surface area contributed by atoms with Crippen molar-refractivity contribution in [3.63, 3.8) is 0 Å². The molecule has 0 radical (unpaired) electrons. The Hall–Kier alpha value is -1.67. The lowest BCUT2D eigenvalue weighted by Gasteiger charge is -2.28. The minimum absolute atomic E-state index is 0.0289. The highest BCUT2D eigenvalue weighted by molar-refractivity contribution is 7.80. The second kappa shape index (κ2) is 6.19. The molecule has 20 heavy (non-hydrogen) atoms. The van der Waals surface area contributed by atoms with Crippen LogP contribution >= 0.6 is 12.2 Å². The van der Waals surface area contributed by atoms with Gasteiger partial charge in [0.05, 0.1) is 10.9 Å². The standard InChI is InChI=1S/C18H21NS/c1-18(2,3)19-17(20)16(14-10-6-4-7-11-14)15-12-8-5-9-13-15/h4-13,16H,1-3H3,(H,19,20). The van der Waals surface area contributed by atoms with Gasteiger partial charge in [-0.2, -0.15) is 0 Å². The zero-order chi connectivity index (χ0) is 14.6. The predicted molar refractivity (Wildman–Crippen MR) is 90.2 cm³/mol. The van der Waals surface area contributed by atoms with Gasteiger partial charge >= 0.3 is 0 Å². The van der Waals surface area contributed by atoms with Gasteiger partial charge in [0.25, 0.3) is 0 Å². The molecule has 0 bridgehead atoms. The molecule has 0 spiro atoms. The molecule has 0 fully saturated rings. The van der Waals surface area contributed by atoms with E-state index in [2.05, 4.69) is 74.6 Å². The maximum Gasteiger partial charge on any atom is 0.0878 e. The van der Waals surface area contributed by atoms with Gasteiger partial charge in [0.2, 0.25) is 0 Å². The number of hydrogen-bond acceptors (Lipinski definition) is 1. The lowest BCUT2D eigenvalue weighted by Crippen LogP contribution is -2.42. The first kappa shape index (κ1) is 14.7. The zero-order valence-corrected chi connectivity index (χ0v) is 13.1. The van der Waals surface area contributed by atoms with Crippen LogP contribution in [0.25, 0.3) is 0 Å². The van der Waals surface area contributed by atoms with E-state index in [0.29, 0.717) is 0 Å². The van der Waals surface area contributed by atoms with Crippen molar-refractivity contribution in [1.82, 2.24) is 5.32 Å². The van der Waals surface area contributed by atoms with Crippen molar-refractivity contribution < 1.29 is 0 Å². The first-order chi connectivity index (χ1) is 9.47. The maximum atomic E-state index is 5.68. The van der Waals surface area contributed by atoms with Crippen molar-refractivity contribution in [3.05, 3.63) is 71.8 Å². The third kappa shape index (κ3) is 3.91. The van der Waals surface area contributed by atoms with Crippen molar-refractivity contribution in [1.29, 1.82) is 0 Å². The first-order valence-electron chi connectivity index (χ1n) is 6.89. The van der Waals surface area contributed by atoms with Gasteiger partial charge in [-0.25, -0.2) is 0 Å². The van der Waals surface area contributed by atoms with E-state index in [1.165, 1.54) is 11.1 Å². The van der Waals surface area contributed by atoms with Crippen LogP contribution in [0.5, 0.6) is 0 Å². The number of nitrogens with one attached hydrogen (secondary N) is 1. The summed E-state index contributed by atoms with van der Waals surface area (Å²) >= 11 is 5.68. The summed E-state index contributed by atoms with van der Waals surface area (Å²) in [5.41, 5.74) is 2.42. The van der Waals surface area contributed by atoms with Gasteiger partial charge in [-0.3, -0.25) is 0 Å². The van der Waals surface area contributed by atoms with E-state index >= 15 is 0 Å². The van der Waals surface area contributed by atoms with Gasteiger partial charge in [-0.15, -0.1) is 0 Å². The van der Waals surface area contributed by atoms with E-state index in [-0.39, 0.29) is 11.5 Å². The summed E-state index contributed by atoms with van der Waals surface area (Å²) in [4.78, 5) is 0.870. The molecule has 0 aliphatic carbocycles. The fourth-order valence-electron chi connectivity index (χ4n) is 2.23. The summed E-state index contributed by atoms with van der Waals surface area (Å²) < 4.78 is 0. The third-order valence-electron chi connectivity index (χ3n) is 3.03. The lowest BCUT2D eigenvalue weighted by atomic mass is 9.90. The van der Waals surface area contributed by atoms with E-state index < -0.39 is 0 Å². The number of benzene rings is 2. The van der Waals surface area contributed by atoms with Crippen LogP contribution in [0.15, 0.2) is 60.7 Å². The molecular weight excluding hydrogens is 262 g/mol. The molecule has 104 valence electrons. The summed E-state index contributed by atoms with van der Waals surface area (Å²) in [6.07, 6.45) is 0. The number of rotatable bonds is 3. The van der Waals surface area contributed by atoms with Gasteiger partial charge in [-0.1, -0.05) is 72.9 Å². The third-order valence-corrected chi connectivity index (χ3v) is 3.36. The Morgan fingerprint density at radius 2 is 1.25 bits per heavy atom. The quantitative estimate of drug-likeness (QED) is 0.830. The van der Waals surface area contributed by atoms with Crippen LogP contribution in [-0.2, 0) is 0 Å². The van der Waals surface area contributed by atoms with Crippen LogP contribution in [-0.4, -0.2) is 10.5 Å². The van der Waals surface area contributed by atoms with Crippen LogP contribution in [0.3, 0.4) is 0 Å². The van der Waals surface area contributed by atoms with Crippen LogP contribution in [0.2, 0.25) is 0 Å². The largest absolute Gasteiger partial charge is 0.374 e. The highest BCUT2D eigenvalue weighted by Gasteiger charge is 2.22. The molecule has 0 amide bonds. The second-order valence-electron chi connectivity index (χ2n) is 5.99. The van der Waals surface area contributed by atoms with Crippen LogP contribution < -0.4 is 5.32 Å². The summed E-state index contributed by atoms with van der Waals surface area (Å²) in [7, 11) is 0. The van der Waals surface area contributed by atoms with Gasteiger partial charge < -0.3 is 5.32 Å². The van der Waals surface area contributed by atoms with Crippen molar-refractivity contribution in [2.45, 2.75) is 32.2 Å². The Bertz CT molecular complexity index is 515. The molecule has 0 saturated carbocycles. The number of hydrogen-bond donors (Lipinski definition) is 1. The molecule has 0 heterocycles. The summed E-state index contributed by atoms with van der Waals surface area (Å²) in [5, 5.41) is 3.45. The maximum absolute atomic E-state index is 5.68. The average Bonchev–Trinajstić information content (AvgIpc) is 2.39. The molecule has 0 aliphatic heterocycles. The molecular formula is C18H21NS. The summed E-state index contributed by atoms with van der Waals surface area (Å²) in [6.45, 7) is 6.39. The smallest absolute Gasteiger partial charge is 0.0878 e. The molecule has 0 unspecified atom stereocenters. The summed E-state index contributed by atoms with van der Waals surface area (Å²) in [6, 6.07) is 20.8. The molecule has 0 saturated heterocycles. The van der Waals surface area contributed by atoms with E-state index in [0.717, 1.165) is 4.99 Å². The van der Waals surface area contributed by atoms with E-state index in [1.54, 1.807) is 0 Å². The molecule has 2 aromatic carbocycles. The van der Waals surface area contributed by atoms with Gasteiger partial charge in [0.15, 0.2) is 0 Å². The van der Waals surface area contributed by atoms with Crippen LogP contribution in [0.1, 0.15) is 37.8 Å². The monoisotopic (exact) mass is 283 g/mol. The Balaban J connectivity index is 2.38. The van der Waals surface area contributed by atoms with Crippen LogP contribution in [0.4, 0.5) is 0 Å². The van der Waals surface area contributed by atoms with Gasteiger partial charge in [0.1, 0.15) is 0 Å². The topological polar surface area (TPSA) is 12.0 Å². The first-order valence-corrected chi connectivity index (χ1v) is 7.30. The van der Waals surface area contributed by atoms with Crippen molar-refractivity contribution in [2.24, 2.45) is 0 Å². The van der Waals surface area contributed by atoms with Gasteiger partial charge in [-0.05, 0) is 31.9 Å². The van der Waals surface area contributed by atoms with Crippen molar-refractivity contribution >= 4 is 17.2 Å². The number of thiocarbonyl (C=S) groups is 1. The molecule has 2 heteroatoms. The van der Waals surface area contributed by atoms with Gasteiger partial charge in [0, 0.05) is 5.54 Å². The molecule has 2 rings (SSSR count). The normalized spacial score (nSPS) is 11.4. The molecule has 1 nitrogen and oxygen atoms in total. The predicted octanol–water partition coefficient (Wildman–Crippen LogP) is 4.53. The van der Waals surface area contributed by atoms with Crippen LogP contribution in [0, 0.1) is 0 Å². The van der Waals surface area contributed by atoms with Crippen molar-refractivity contribution in [2.75, 3.05) is 0 Å². The minimum Gasteiger partial charge on any atom is -0.374 e. The molecule has 1 N–H and O–H groups in total. The van der Waals surface area contributed by atoms with E-state index in [9.17, 15) is 0 Å². The second-order valence-corrected chi connectivity index (χ2v) is 6.43. The highest BCUT2D eigenvalue weighted by atomic mass is 32.1. The Kier molecular flexibility index (Phi) is 4.56. The fourth-order valence-corrected chi connectivity index (χ4v) is 2.81. The molecule has 2 aromatic rings. The molecule has 0 atom stereocenters. The lowest BCUT2D eigenvalue weighted by molar-refractivity contribution is 0.510. The molecule has 0 aromatic heterocycles. The minimum atomic E-state index is -0.0289. The van der Waals surface area contributed by atoms with Crippen molar-refractivity contribution in [3.8, 4) is 0 Å². The van der Waals surface area contributed by atoms with E-state index in [4.69, 9.17) is 12.2 Å². The van der Waals surface area contributed by atoms with E-state index in [1.807, 2.05) is 12.1 Å². The Morgan fingerprint density at radius 1 is 0.850 bits per heavy atom. The summed E-state index contributed by atoms with van der Waals surface area (Å²) in [5.74, 6) is 0.103. The average molecular weight is 283 g/mol. The fraction of sp³-hybridized carbons (Fsp3) is 0.278. The highest BCUT2D eigenvalue weighted by Crippen LogP contribution is 2.26. The SMILES string of the molecule is CC(C)(C)NC(=S)C(c1ccccc1)c1ccccc1. The zero-order valence-electron chi connectivity index (χ0n) is 12.3. The Labute approximate surface area is 127 Å². The molecule has 0 aliphatic rings.